The molecule has 4 nitrogen and oxygen atoms in total. The summed E-state index contributed by atoms with van der Waals surface area (Å²) in [6, 6.07) is 1.90. The van der Waals surface area contributed by atoms with Crippen molar-refractivity contribution in [3.8, 4) is 0 Å². The maximum atomic E-state index is 5.56. The molecule has 0 amide bonds. The minimum Gasteiger partial charge on any atom is -0.383 e. The summed E-state index contributed by atoms with van der Waals surface area (Å²) in [7, 11) is 2.20. The summed E-state index contributed by atoms with van der Waals surface area (Å²) in [6.45, 7) is 3.53. The zero-order valence-electron chi connectivity index (χ0n) is 9.78. The Kier molecular flexibility index (Phi) is 4.01. The van der Waals surface area contributed by atoms with Crippen molar-refractivity contribution in [2.75, 3.05) is 37.7 Å². The quantitative estimate of drug-likeness (QED) is 0.843. The van der Waals surface area contributed by atoms with Gasteiger partial charge in [0.05, 0.1) is 0 Å². The van der Waals surface area contributed by atoms with Crippen molar-refractivity contribution in [3.63, 3.8) is 0 Å². The van der Waals surface area contributed by atoms with Gasteiger partial charge >= 0.3 is 0 Å². The summed E-state index contributed by atoms with van der Waals surface area (Å²) >= 11 is 1.44. The van der Waals surface area contributed by atoms with Crippen molar-refractivity contribution in [1.82, 2.24) is 9.27 Å². The highest BCUT2D eigenvalue weighted by Gasteiger charge is 2.15. The third-order valence-electron chi connectivity index (χ3n) is 3.22. The van der Waals surface area contributed by atoms with E-state index in [-0.39, 0.29) is 0 Å². The maximum Gasteiger partial charge on any atom is 0.139 e. The number of anilines is 2. The van der Waals surface area contributed by atoms with Gasteiger partial charge in [-0.25, -0.2) is 0 Å². The number of piperidine rings is 1. The van der Waals surface area contributed by atoms with E-state index in [9.17, 15) is 0 Å². The summed E-state index contributed by atoms with van der Waals surface area (Å²) in [5.74, 6) is 1.50. The van der Waals surface area contributed by atoms with Crippen molar-refractivity contribution < 1.29 is 0 Å². The highest BCUT2D eigenvalue weighted by Crippen LogP contribution is 2.21. The third kappa shape index (κ3) is 3.35. The number of nitrogens with one attached hydrogen (secondary N) is 1. The average Bonchev–Trinajstić information content (AvgIpc) is 2.67. The van der Waals surface area contributed by atoms with Crippen LogP contribution in [-0.2, 0) is 0 Å². The Labute approximate surface area is 101 Å². The molecular formula is C11H20N4S. The van der Waals surface area contributed by atoms with E-state index in [0.29, 0.717) is 5.82 Å². The SMILES string of the molecule is CN1CCC(CCNc2cc(N)ns2)CC1. The third-order valence-corrected chi connectivity index (χ3v) is 3.98. The topological polar surface area (TPSA) is 54.2 Å². The lowest BCUT2D eigenvalue weighted by atomic mass is 9.94. The second kappa shape index (κ2) is 5.50. The molecule has 0 saturated carbocycles. The Bertz CT molecular complexity index is 318. The predicted octanol–water partition coefficient (Wildman–Crippen LogP) is 1.87. The molecule has 0 atom stereocenters. The van der Waals surface area contributed by atoms with E-state index in [1.807, 2.05) is 6.07 Å². The van der Waals surface area contributed by atoms with Crippen LogP contribution >= 0.6 is 11.5 Å². The Balaban J connectivity index is 1.64. The molecule has 1 saturated heterocycles. The zero-order valence-corrected chi connectivity index (χ0v) is 10.6. The molecule has 1 fully saturated rings. The molecule has 0 spiro atoms. The normalized spacial score (nSPS) is 18.8. The Morgan fingerprint density at radius 3 is 2.94 bits per heavy atom. The Morgan fingerprint density at radius 1 is 1.56 bits per heavy atom. The monoisotopic (exact) mass is 240 g/mol. The number of aromatic nitrogens is 1. The molecule has 90 valence electrons. The van der Waals surface area contributed by atoms with E-state index < -0.39 is 0 Å². The van der Waals surface area contributed by atoms with Crippen LogP contribution in [0, 0.1) is 5.92 Å². The number of likely N-dealkylation sites (tertiary alicyclic amines) is 1. The van der Waals surface area contributed by atoms with E-state index in [2.05, 4.69) is 21.6 Å². The summed E-state index contributed by atoms with van der Waals surface area (Å²) in [6.07, 6.45) is 3.93. The van der Waals surface area contributed by atoms with Crippen molar-refractivity contribution in [1.29, 1.82) is 0 Å². The van der Waals surface area contributed by atoms with Crippen LogP contribution in [-0.4, -0.2) is 36.0 Å². The molecule has 1 aliphatic rings. The van der Waals surface area contributed by atoms with Crippen LogP contribution in [0.4, 0.5) is 10.8 Å². The van der Waals surface area contributed by atoms with Crippen LogP contribution in [0.25, 0.3) is 0 Å². The molecule has 0 bridgehead atoms. The molecule has 0 radical (unpaired) electrons. The van der Waals surface area contributed by atoms with Crippen LogP contribution in [0.15, 0.2) is 6.07 Å². The number of hydrogen-bond acceptors (Lipinski definition) is 5. The van der Waals surface area contributed by atoms with Gasteiger partial charge in [-0.15, -0.1) is 0 Å². The van der Waals surface area contributed by atoms with Crippen LogP contribution in [0.3, 0.4) is 0 Å². The molecule has 1 aromatic heterocycles. The number of nitrogens with two attached hydrogens (primary N) is 1. The second-order valence-electron chi connectivity index (χ2n) is 4.58. The van der Waals surface area contributed by atoms with Crippen molar-refractivity contribution >= 4 is 22.4 Å². The first-order valence-corrected chi connectivity index (χ1v) is 6.66. The molecule has 1 aromatic rings. The van der Waals surface area contributed by atoms with E-state index in [1.165, 1.54) is 43.9 Å². The van der Waals surface area contributed by atoms with Crippen molar-refractivity contribution in [3.05, 3.63) is 6.07 Å². The number of rotatable bonds is 4. The standard InChI is InChI=1S/C11H20N4S/c1-15-6-3-9(4-7-15)2-5-13-11-8-10(12)14-16-11/h8-9,13H,2-7H2,1H3,(H2,12,14). The summed E-state index contributed by atoms with van der Waals surface area (Å²) < 4.78 is 4.04. The minimum absolute atomic E-state index is 0.617. The first kappa shape index (κ1) is 11.7. The lowest BCUT2D eigenvalue weighted by Gasteiger charge is -2.28. The van der Waals surface area contributed by atoms with Gasteiger partial charge in [0, 0.05) is 12.6 Å². The second-order valence-corrected chi connectivity index (χ2v) is 5.38. The molecule has 5 heteroatoms. The number of hydrogen-bond donors (Lipinski definition) is 2. The zero-order chi connectivity index (χ0) is 11.4. The summed E-state index contributed by atoms with van der Waals surface area (Å²) in [5.41, 5.74) is 5.56. The molecule has 1 aliphatic heterocycles. The lowest BCUT2D eigenvalue weighted by molar-refractivity contribution is 0.215. The van der Waals surface area contributed by atoms with E-state index in [1.54, 1.807) is 0 Å². The van der Waals surface area contributed by atoms with Crippen LogP contribution in [0.2, 0.25) is 0 Å². The molecule has 2 rings (SSSR count). The van der Waals surface area contributed by atoms with Crippen LogP contribution in [0.1, 0.15) is 19.3 Å². The first-order chi connectivity index (χ1) is 7.74. The van der Waals surface area contributed by atoms with Gasteiger partial charge in [-0.3, -0.25) is 0 Å². The van der Waals surface area contributed by atoms with E-state index in [4.69, 9.17) is 5.73 Å². The molecule has 3 N–H and O–H groups in total. The van der Waals surface area contributed by atoms with Crippen LogP contribution < -0.4 is 11.1 Å². The summed E-state index contributed by atoms with van der Waals surface area (Å²) in [5, 5.41) is 4.47. The van der Waals surface area contributed by atoms with E-state index >= 15 is 0 Å². The van der Waals surface area contributed by atoms with Gasteiger partial charge in [0.25, 0.3) is 0 Å². The molecule has 0 aromatic carbocycles. The van der Waals surface area contributed by atoms with E-state index in [0.717, 1.165) is 17.5 Å². The van der Waals surface area contributed by atoms with Gasteiger partial charge in [-0.05, 0) is 56.9 Å². The fourth-order valence-corrected chi connectivity index (χ4v) is 2.72. The van der Waals surface area contributed by atoms with Crippen molar-refractivity contribution in [2.24, 2.45) is 5.92 Å². The van der Waals surface area contributed by atoms with Gasteiger partial charge in [-0.1, -0.05) is 0 Å². The fourth-order valence-electron chi connectivity index (χ4n) is 2.12. The smallest absolute Gasteiger partial charge is 0.139 e. The van der Waals surface area contributed by atoms with Crippen molar-refractivity contribution in [2.45, 2.75) is 19.3 Å². The summed E-state index contributed by atoms with van der Waals surface area (Å²) in [4.78, 5) is 2.41. The molecular weight excluding hydrogens is 220 g/mol. The highest BCUT2D eigenvalue weighted by molar-refractivity contribution is 7.10. The van der Waals surface area contributed by atoms with Gasteiger partial charge in [0.15, 0.2) is 0 Å². The molecule has 0 unspecified atom stereocenters. The average molecular weight is 240 g/mol. The number of nitrogens with zero attached hydrogens (tertiary/aromatic N) is 2. The predicted molar refractivity (Wildman–Crippen MR) is 69.9 cm³/mol. The fraction of sp³-hybridized carbons (Fsp3) is 0.727. The van der Waals surface area contributed by atoms with Gasteiger partial charge in [0.2, 0.25) is 0 Å². The minimum atomic E-state index is 0.617. The highest BCUT2D eigenvalue weighted by atomic mass is 32.1. The Hall–Kier alpha value is -0.810. The number of nitrogen functional groups attached to an aromatic ring is 1. The van der Waals surface area contributed by atoms with Gasteiger partial charge in [-0.2, -0.15) is 4.37 Å². The maximum absolute atomic E-state index is 5.56. The molecule has 2 heterocycles. The van der Waals surface area contributed by atoms with Gasteiger partial charge in [0.1, 0.15) is 10.8 Å². The largest absolute Gasteiger partial charge is 0.383 e. The van der Waals surface area contributed by atoms with Gasteiger partial charge < -0.3 is 16.0 Å². The van der Waals surface area contributed by atoms with Crippen LogP contribution in [0.5, 0.6) is 0 Å². The molecule has 16 heavy (non-hydrogen) atoms. The molecule has 0 aliphatic carbocycles. The Morgan fingerprint density at radius 2 is 2.31 bits per heavy atom. The first-order valence-electron chi connectivity index (χ1n) is 5.88. The lowest BCUT2D eigenvalue weighted by Crippen LogP contribution is -2.30.